The van der Waals surface area contributed by atoms with Gasteiger partial charge in [0.25, 0.3) is 0 Å². The van der Waals surface area contributed by atoms with Gasteiger partial charge in [0.15, 0.2) is 0 Å². The Bertz CT molecular complexity index is 1840. The molecule has 2 saturated carbocycles. The SMILES string of the molecule is N[C@@H]1CC1CCc1nc2ccc(-c3ccc4cc(-c5ccc6nc(CCC7CC7)[nH]c6c5)ccc4c3)cc2[nH]1. The number of nitrogens with one attached hydrogen (secondary N) is 2. The summed E-state index contributed by atoms with van der Waals surface area (Å²) >= 11 is 0. The molecule has 4 N–H and O–H groups in total. The molecule has 39 heavy (non-hydrogen) atoms. The number of nitrogens with two attached hydrogens (primary N) is 1. The molecule has 1 unspecified atom stereocenters. The van der Waals surface area contributed by atoms with Crippen LogP contribution in [0.3, 0.4) is 0 Å². The molecule has 0 aliphatic heterocycles. The zero-order valence-electron chi connectivity index (χ0n) is 22.1. The number of aromatic nitrogens is 4. The second kappa shape index (κ2) is 9.06. The average Bonchev–Trinajstić information content (AvgIpc) is 3.84. The Balaban J connectivity index is 1.04. The van der Waals surface area contributed by atoms with Gasteiger partial charge in [0.05, 0.1) is 22.1 Å². The summed E-state index contributed by atoms with van der Waals surface area (Å²) in [6, 6.07) is 27.0. The Kier molecular flexibility index (Phi) is 5.34. The summed E-state index contributed by atoms with van der Waals surface area (Å²) in [5.41, 5.74) is 15.2. The van der Waals surface area contributed by atoms with E-state index in [1.807, 2.05) is 0 Å². The van der Waals surface area contributed by atoms with E-state index in [4.69, 9.17) is 15.7 Å². The van der Waals surface area contributed by atoms with Crippen LogP contribution >= 0.6 is 0 Å². The van der Waals surface area contributed by atoms with E-state index >= 15 is 0 Å². The highest BCUT2D eigenvalue weighted by atomic mass is 14.9. The first-order valence-electron chi connectivity index (χ1n) is 14.4. The number of imidazole rings is 2. The predicted molar refractivity (Wildman–Crippen MR) is 160 cm³/mol. The molecule has 5 nitrogen and oxygen atoms in total. The molecule has 0 spiro atoms. The number of fused-ring (bicyclic) bond motifs is 3. The Morgan fingerprint density at radius 3 is 1.64 bits per heavy atom. The van der Waals surface area contributed by atoms with Crippen molar-refractivity contribution in [1.29, 1.82) is 0 Å². The van der Waals surface area contributed by atoms with Crippen molar-refractivity contribution in [1.82, 2.24) is 19.9 Å². The van der Waals surface area contributed by atoms with Crippen LogP contribution in [0.25, 0.3) is 55.1 Å². The van der Waals surface area contributed by atoms with Gasteiger partial charge in [-0.1, -0.05) is 49.2 Å². The summed E-state index contributed by atoms with van der Waals surface area (Å²) in [5.74, 6) is 3.78. The maximum atomic E-state index is 5.97. The van der Waals surface area contributed by atoms with Gasteiger partial charge in [-0.05, 0) is 101 Å². The molecule has 2 aliphatic carbocycles. The van der Waals surface area contributed by atoms with E-state index in [9.17, 15) is 0 Å². The van der Waals surface area contributed by atoms with Crippen molar-refractivity contribution in [2.45, 2.75) is 51.0 Å². The summed E-state index contributed by atoms with van der Waals surface area (Å²) in [6.07, 6.45) is 8.35. The molecule has 2 heterocycles. The number of rotatable bonds is 8. The Morgan fingerprint density at radius 1 is 0.641 bits per heavy atom. The van der Waals surface area contributed by atoms with Crippen molar-refractivity contribution in [3.05, 3.63) is 84.4 Å². The fourth-order valence-electron chi connectivity index (χ4n) is 6.00. The molecular weight excluding hydrogens is 478 g/mol. The van der Waals surface area contributed by atoms with Crippen LogP contribution in [0.15, 0.2) is 72.8 Å². The maximum Gasteiger partial charge on any atom is 0.107 e. The lowest BCUT2D eigenvalue weighted by atomic mass is 9.97. The first-order valence-corrected chi connectivity index (χ1v) is 14.4. The molecule has 0 amide bonds. The number of hydrogen-bond acceptors (Lipinski definition) is 3. The third-order valence-corrected chi connectivity index (χ3v) is 8.78. The Hall–Kier alpha value is -3.96. The van der Waals surface area contributed by atoms with Gasteiger partial charge in [0.2, 0.25) is 0 Å². The van der Waals surface area contributed by atoms with Crippen LogP contribution in [0.1, 0.15) is 43.8 Å². The molecule has 8 rings (SSSR count). The monoisotopic (exact) mass is 511 g/mol. The standard InChI is InChI=1S/C34H33N5/c35-28-17-27(28)10-14-34-37-30-12-9-26(19-32(30)39-34)24-7-5-21-15-23(6-4-22(21)16-24)25-8-11-29-31(18-25)38-33(36-29)13-3-20-1-2-20/h4-9,11-12,15-16,18-20,27-28H,1-3,10,13-14,17,35H2,(H,36,38)(H,37,39)/t27?,28-/m1/s1. The fraction of sp³-hybridized carbons (Fsp3) is 0.294. The molecule has 6 aromatic rings. The number of hydrogen-bond donors (Lipinski definition) is 3. The third kappa shape index (κ3) is 4.61. The van der Waals surface area contributed by atoms with Gasteiger partial charge < -0.3 is 15.7 Å². The minimum Gasteiger partial charge on any atom is -0.342 e. The van der Waals surface area contributed by atoms with Crippen molar-refractivity contribution in [3.63, 3.8) is 0 Å². The van der Waals surface area contributed by atoms with Crippen molar-refractivity contribution in [2.75, 3.05) is 0 Å². The van der Waals surface area contributed by atoms with Gasteiger partial charge in [-0.25, -0.2) is 9.97 Å². The van der Waals surface area contributed by atoms with Crippen LogP contribution in [0, 0.1) is 11.8 Å². The normalized spacial score (nSPS) is 18.9. The number of nitrogens with zero attached hydrogens (tertiary/aromatic N) is 2. The molecule has 2 aliphatic rings. The van der Waals surface area contributed by atoms with Gasteiger partial charge in [-0.3, -0.25) is 0 Å². The lowest BCUT2D eigenvalue weighted by Crippen LogP contribution is -2.02. The molecule has 2 atom stereocenters. The number of benzene rings is 4. The summed E-state index contributed by atoms with van der Waals surface area (Å²) < 4.78 is 0. The maximum absolute atomic E-state index is 5.97. The first-order chi connectivity index (χ1) is 19.1. The summed E-state index contributed by atoms with van der Waals surface area (Å²) in [5, 5.41) is 2.49. The topological polar surface area (TPSA) is 83.4 Å². The lowest BCUT2D eigenvalue weighted by Gasteiger charge is -2.07. The summed E-state index contributed by atoms with van der Waals surface area (Å²) in [6.45, 7) is 0. The smallest absolute Gasteiger partial charge is 0.107 e. The lowest BCUT2D eigenvalue weighted by molar-refractivity contribution is 0.682. The molecule has 194 valence electrons. The molecule has 2 aromatic heterocycles. The number of aromatic amines is 2. The largest absolute Gasteiger partial charge is 0.342 e. The van der Waals surface area contributed by atoms with Gasteiger partial charge in [-0.15, -0.1) is 0 Å². The fourth-order valence-corrected chi connectivity index (χ4v) is 6.00. The molecule has 4 aromatic carbocycles. The van der Waals surface area contributed by atoms with E-state index in [0.717, 1.165) is 65.3 Å². The second-order valence-electron chi connectivity index (χ2n) is 11.8. The van der Waals surface area contributed by atoms with Gasteiger partial charge in [0, 0.05) is 18.9 Å². The van der Waals surface area contributed by atoms with Crippen molar-refractivity contribution >= 4 is 32.8 Å². The zero-order chi connectivity index (χ0) is 25.9. The van der Waals surface area contributed by atoms with Crippen molar-refractivity contribution < 1.29 is 0 Å². The van der Waals surface area contributed by atoms with E-state index in [1.165, 1.54) is 52.3 Å². The highest BCUT2D eigenvalue weighted by molar-refractivity contribution is 5.93. The number of H-pyrrole nitrogens is 2. The van der Waals surface area contributed by atoms with Crippen LogP contribution in [-0.4, -0.2) is 26.0 Å². The second-order valence-corrected chi connectivity index (χ2v) is 11.8. The van der Waals surface area contributed by atoms with Gasteiger partial charge in [0.1, 0.15) is 11.6 Å². The molecule has 5 heteroatoms. The van der Waals surface area contributed by atoms with Crippen molar-refractivity contribution in [2.24, 2.45) is 17.6 Å². The average molecular weight is 512 g/mol. The van der Waals surface area contributed by atoms with Crippen LogP contribution in [0.4, 0.5) is 0 Å². The van der Waals surface area contributed by atoms with Gasteiger partial charge >= 0.3 is 0 Å². The Morgan fingerprint density at radius 2 is 1.13 bits per heavy atom. The minimum atomic E-state index is 0.402. The van der Waals surface area contributed by atoms with Crippen LogP contribution < -0.4 is 5.73 Å². The molecule has 0 saturated heterocycles. The molecule has 0 radical (unpaired) electrons. The first kappa shape index (κ1) is 23.0. The van der Waals surface area contributed by atoms with Crippen LogP contribution in [-0.2, 0) is 12.8 Å². The van der Waals surface area contributed by atoms with Crippen LogP contribution in [0.2, 0.25) is 0 Å². The minimum absolute atomic E-state index is 0.402. The van der Waals surface area contributed by atoms with Crippen LogP contribution in [0.5, 0.6) is 0 Å². The van der Waals surface area contributed by atoms with E-state index < -0.39 is 0 Å². The molecular formula is C34H33N5. The highest BCUT2D eigenvalue weighted by Gasteiger charge is 2.32. The van der Waals surface area contributed by atoms with Gasteiger partial charge in [-0.2, -0.15) is 0 Å². The van der Waals surface area contributed by atoms with E-state index in [-0.39, 0.29) is 0 Å². The van der Waals surface area contributed by atoms with Crippen molar-refractivity contribution in [3.8, 4) is 22.3 Å². The summed E-state index contributed by atoms with van der Waals surface area (Å²) in [4.78, 5) is 16.7. The third-order valence-electron chi connectivity index (χ3n) is 8.78. The molecule has 0 bridgehead atoms. The quantitative estimate of drug-likeness (QED) is 0.197. The van der Waals surface area contributed by atoms with E-state index in [1.54, 1.807) is 0 Å². The molecule has 2 fully saturated rings. The van der Waals surface area contributed by atoms with E-state index in [0.29, 0.717) is 12.0 Å². The van der Waals surface area contributed by atoms with E-state index in [2.05, 4.69) is 82.8 Å². The summed E-state index contributed by atoms with van der Waals surface area (Å²) in [7, 11) is 0. The Labute approximate surface area is 227 Å². The highest BCUT2D eigenvalue weighted by Crippen LogP contribution is 2.35. The zero-order valence-corrected chi connectivity index (χ0v) is 22.1. The predicted octanol–water partition coefficient (Wildman–Crippen LogP) is 7.55. The number of aryl methyl sites for hydroxylation is 2.